The smallest absolute Gasteiger partial charge is 0.130 e. The molecule has 0 saturated carbocycles. The fourth-order valence-electron chi connectivity index (χ4n) is 2.46. The molecule has 1 aliphatic rings. The van der Waals surface area contributed by atoms with Crippen molar-refractivity contribution in [3.63, 3.8) is 0 Å². The van der Waals surface area contributed by atoms with Gasteiger partial charge in [0.2, 0.25) is 0 Å². The van der Waals surface area contributed by atoms with Crippen LogP contribution >= 0.6 is 0 Å². The van der Waals surface area contributed by atoms with Crippen LogP contribution in [0.15, 0.2) is 18.2 Å². The van der Waals surface area contributed by atoms with Crippen LogP contribution in [0.1, 0.15) is 23.2 Å². The van der Waals surface area contributed by atoms with Crippen molar-refractivity contribution >= 4 is 5.82 Å². The fourth-order valence-corrected chi connectivity index (χ4v) is 2.46. The molecule has 0 spiro atoms. The average Bonchev–Trinajstić information content (AvgIpc) is 2.83. The Balaban J connectivity index is 2.16. The fraction of sp³-hybridized carbons (Fsp3) is 0.308. The van der Waals surface area contributed by atoms with Crippen molar-refractivity contribution in [1.29, 1.82) is 0 Å². The molecular weight excluding hydrogens is 217 g/mol. The molecule has 1 aromatic heterocycles. The number of nitrogens with zero attached hydrogens (tertiary/aromatic N) is 2. The largest absolute Gasteiger partial charge is 0.383 e. The van der Waals surface area contributed by atoms with Crippen molar-refractivity contribution in [3.8, 4) is 5.69 Å². The lowest BCUT2D eigenvalue weighted by Crippen LogP contribution is -2.05. The molecule has 0 radical (unpaired) electrons. The van der Waals surface area contributed by atoms with E-state index in [2.05, 4.69) is 5.10 Å². The van der Waals surface area contributed by atoms with Crippen molar-refractivity contribution in [2.24, 2.45) is 0 Å². The highest BCUT2D eigenvalue weighted by Crippen LogP contribution is 2.29. The highest BCUT2D eigenvalue weighted by Gasteiger charge is 2.21. The van der Waals surface area contributed by atoms with E-state index in [-0.39, 0.29) is 5.82 Å². The first-order valence-corrected chi connectivity index (χ1v) is 5.79. The van der Waals surface area contributed by atoms with Crippen molar-refractivity contribution in [3.05, 3.63) is 40.8 Å². The first-order chi connectivity index (χ1) is 8.16. The van der Waals surface area contributed by atoms with Crippen molar-refractivity contribution in [2.45, 2.75) is 26.2 Å². The number of nitrogens with two attached hydrogens (primary N) is 1. The van der Waals surface area contributed by atoms with Gasteiger partial charge in [-0.15, -0.1) is 0 Å². The number of rotatable bonds is 1. The average molecular weight is 231 g/mol. The van der Waals surface area contributed by atoms with E-state index >= 15 is 0 Å². The van der Waals surface area contributed by atoms with E-state index in [4.69, 9.17) is 5.73 Å². The molecule has 0 bridgehead atoms. The first-order valence-electron chi connectivity index (χ1n) is 5.79. The lowest BCUT2D eigenvalue weighted by atomic mass is 10.2. The predicted molar refractivity (Wildman–Crippen MR) is 64.7 cm³/mol. The van der Waals surface area contributed by atoms with Gasteiger partial charge < -0.3 is 5.73 Å². The van der Waals surface area contributed by atoms with Crippen LogP contribution in [-0.2, 0) is 12.8 Å². The third-order valence-corrected chi connectivity index (χ3v) is 3.33. The minimum atomic E-state index is -0.232. The molecule has 0 atom stereocenters. The molecule has 0 aliphatic heterocycles. The molecule has 2 N–H and O–H groups in total. The van der Waals surface area contributed by atoms with Gasteiger partial charge in [-0.3, -0.25) is 0 Å². The molecular formula is C13H14FN3. The van der Waals surface area contributed by atoms with Crippen molar-refractivity contribution in [1.82, 2.24) is 9.78 Å². The predicted octanol–water partition coefficient (Wildman–Crippen LogP) is 2.39. The second kappa shape index (κ2) is 3.58. The van der Waals surface area contributed by atoms with Crippen LogP contribution in [-0.4, -0.2) is 9.78 Å². The Bertz CT molecular complexity index is 587. The van der Waals surface area contributed by atoms with E-state index in [1.807, 2.05) is 6.92 Å². The topological polar surface area (TPSA) is 43.8 Å². The summed E-state index contributed by atoms with van der Waals surface area (Å²) in [7, 11) is 0. The number of anilines is 1. The van der Waals surface area contributed by atoms with Crippen LogP contribution < -0.4 is 5.73 Å². The minimum absolute atomic E-state index is 0.232. The third kappa shape index (κ3) is 1.52. The molecule has 0 amide bonds. The first kappa shape index (κ1) is 10.3. The zero-order chi connectivity index (χ0) is 12.0. The third-order valence-electron chi connectivity index (χ3n) is 3.33. The van der Waals surface area contributed by atoms with E-state index < -0.39 is 0 Å². The number of aromatic nitrogens is 2. The monoisotopic (exact) mass is 231 g/mol. The van der Waals surface area contributed by atoms with E-state index in [1.165, 1.54) is 12.1 Å². The quantitative estimate of drug-likeness (QED) is 0.819. The second-order valence-corrected chi connectivity index (χ2v) is 4.51. The van der Waals surface area contributed by atoms with Crippen molar-refractivity contribution < 1.29 is 4.39 Å². The maximum absolute atomic E-state index is 13.1. The Morgan fingerprint density at radius 3 is 2.88 bits per heavy atom. The molecule has 1 heterocycles. The number of aryl methyl sites for hydroxylation is 2. The number of benzene rings is 1. The highest BCUT2D eigenvalue weighted by molar-refractivity contribution is 5.53. The molecule has 0 fully saturated rings. The summed E-state index contributed by atoms with van der Waals surface area (Å²) >= 11 is 0. The summed E-state index contributed by atoms with van der Waals surface area (Å²) in [6.45, 7) is 1.87. The Labute approximate surface area is 99.1 Å². The molecule has 1 aliphatic carbocycles. The maximum Gasteiger partial charge on any atom is 0.130 e. The molecule has 0 saturated heterocycles. The van der Waals surface area contributed by atoms with Gasteiger partial charge in [0.25, 0.3) is 0 Å². The van der Waals surface area contributed by atoms with Gasteiger partial charge in [-0.1, -0.05) is 0 Å². The summed E-state index contributed by atoms with van der Waals surface area (Å²) in [4.78, 5) is 0. The maximum atomic E-state index is 13.1. The summed E-state index contributed by atoms with van der Waals surface area (Å²) in [5.74, 6) is 0.469. The molecule has 3 rings (SSSR count). The van der Waals surface area contributed by atoms with Gasteiger partial charge >= 0.3 is 0 Å². The Morgan fingerprint density at radius 2 is 2.18 bits per heavy atom. The van der Waals surface area contributed by atoms with Crippen LogP contribution in [0.25, 0.3) is 5.69 Å². The Morgan fingerprint density at radius 1 is 1.35 bits per heavy atom. The lowest BCUT2D eigenvalue weighted by Gasteiger charge is -2.08. The number of fused-ring (bicyclic) bond motifs is 1. The number of nitrogen functional groups attached to an aromatic ring is 1. The van der Waals surface area contributed by atoms with Crippen LogP contribution in [0.3, 0.4) is 0 Å². The number of hydrogen-bond acceptors (Lipinski definition) is 2. The van der Waals surface area contributed by atoms with E-state index in [0.29, 0.717) is 5.82 Å². The molecule has 3 nitrogen and oxygen atoms in total. The summed E-state index contributed by atoms with van der Waals surface area (Å²) in [6.07, 6.45) is 3.12. The Hall–Kier alpha value is -1.84. The normalized spacial score (nSPS) is 14.0. The van der Waals surface area contributed by atoms with Crippen LogP contribution in [0.2, 0.25) is 0 Å². The second-order valence-electron chi connectivity index (χ2n) is 4.51. The SMILES string of the molecule is Cc1cc(F)ccc1-n1nc2c(c1N)CCC2. The van der Waals surface area contributed by atoms with Crippen LogP contribution in [0.5, 0.6) is 0 Å². The molecule has 0 unspecified atom stereocenters. The van der Waals surface area contributed by atoms with Crippen LogP contribution in [0.4, 0.5) is 10.2 Å². The van der Waals surface area contributed by atoms with E-state index in [9.17, 15) is 4.39 Å². The zero-order valence-electron chi connectivity index (χ0n) is 9.70. The van der Waals surface area contributed by atoms with Gasteiger partial charge in [0.1, 0.15) is 11.6 Å². The highest BCUT2D eigenvalue weighted by atomic mass is 19.1. The molecule has 2 aromatic rings. The Kier molecular flexibility index (Phi) is 2.18. The van der Waals surface area contributed by atoms with Gasteiger partial charge in [-0.2, -0.15) is 5.10 Å². The molecule has 17 heavy (non-hydrogen) atoms. The molecule has 88 valence electrons. The standard InChI is InChI=1S/C13H14FN3/c1-8-7-9(14)5-6-12(8)17-13(15)10-3-2-4-11(10)16-17/h5-7H,2-4,15H2,1H3. The van der Waals surface area contributed by atoms with Crippen LogP contribution in [0, 0.1) is 12.7 Å². The lowest BCUT2D eigenvalue weighted by molar-refractivity contribution is 0.625. The van der Waals surface area contributed by atoms with Gasteiger partial charge in [-0.25, -0.2) is 9.07 Å². The van der Waals surface area contributed by atoms with Gasteiger partial charge in [0, 0.05) is 5.56 Å². The van der Waals surface area contributed by atoms with Gasteiger partial charge in [0.05, 0.1) is 11.4 Å². The van der Waals surface area contributed by atoms with E-state index in [1.54, 1.807) is 10.7 Å². The molecule has 4 heteroatoms. The number of hydrogen-bond donors (Lipinski definition) is 1. The van der Waals surface area contributed by atoms with E-state index in [0.717, 1.165) is 41.8 Å². The molecule has 1 aromatic carbocycles. The summed E-state index contributed by atoms with van der Waals surface area (Å²) in [5, 5.41) is 4.52. The van der Waals surface area contributed by atoms with Gasteiger partial charge in [0.15, 0.2) is 0 Å². The van der Waals surface area contributed by atoms with Crippen molar-refractivity contribution in [2.75, 3.05) is 5.73 Å². The zero-order valence-corrected chi connectivity index (χ0v) is 9.70. The number of halogens is 1. The summed E-state index contributed by atoms with van der Waals surface area (Å²) in [5.41, 5.74) is 10.1. The van der Waals surface area contributed by atoms with Gasteiger partial charge in [-0.05, 0) is 49.9 Å². The summed E-state index contributed by atoms with van der Waals surface area (Å²) in [6, 6.07) is 4.67. The minimum Gasteiger partial charge on any atom is -0.383 e. The summed E-state index contributed by atoms with van der Waals surface area (Å²) < 4.78 is 14.8.